The van der Waals surface area contributed by atoms with E-state index in [0.717, 1.165) is 0 Å². The molecule has 3 heteroatoms. The molecule has 33 heavy (non-hydrogen) atoms. The predicted octanol–water partition coefficient (Wildman–Crippen LogP) is 6.97. The summed E-state index contributed by atoms with van der Waals surface area (Å²) < 4.78 is 0. The van der Waals surface area contributed by atoms with Crippen LogP contribution in [0, 0.1) is 6.16 Å². The summed E-state index contributed by atoms with van der Waals surface area (Å²) in [7, 11) is -0.640. The Morgan fingerprint density at radius 3 is 1.27 bits per heavy atom. The molecule has 0 aromatic heterocycles. The second kappa shape index (κ2) is 14.6. The van der Waals surface area contributed by atoms with Crippen molar-refractivity contribution in [2.45, 2.75) is 25.7 Å². The van der Waals surface area contributed by atoms with Gasteiger partial charge in [-0.25, -0.2) is 7.92 Å². The second-order valence-electron chi connectivity index (χ2n) is 7.90. The SMILES string of the molecule is [Ru+].c1ccc(P([CH-]CCCCCP(c2ccccc2)c2ccccc2)c2ccccc2)cc1. The van der Waals surface area contributed by atoms with Crippen molar-refractivity contribution in [1.82, 2.24) is 0 Å². The van der Waals surface area contributed by atoms with Crippen molar-refractivity contribution < 1.29 is 19.5 Å². The van der Waals surface area contributed by atoms with Crippen molar-refractivity contribution in [1.29, 1.82) is 0 Å². The third-order valence-electron chi connectivity index (χ3n) is 5.60. The molecule has 0 aliphatic rings. The minimum atomic E-state index is -0.377. The fourth-order valence-corrected chi connectivity index (χ4v) is 8.54. The predicted molar refractivity (Wildman–Crippen MR) is 146 cm³/mol. The Bertz CT molecular complexity index is 858. The summed E-state index contributed by atoms with van der Waals surface area (Å²) in [4.78, 5) is 0. The molecule has 0 nitrogen and oxygen atoms in total. The zero-order valence-electron chi connectivity index (χ0n) is 18.9. The van der Waals surface area contributed by atoms with Crippen molar-refractivity contribution >= 4 is 37.1 Å². The van der Waals surface area contributed by atoms with Gasteiger partial charge in [-0.05, 0) is 31.1 Å². The Balaban J connectivity index is 0.00000306. The van der Waals surface area contributed by atoms with Crippen molar-refractivity contribution in [2.24, 2.45) is 0 Å². The van der Waals surface area contributed by atoms with Crippen LogP contribution in [-0.4, -0.2) is 6.16 Å². The largest absolute Gasteiger partial charge is 1.00 e. The van der Waals surface area contributed by atoms with Gasteiger partial charge in [0.1, 0.15) is 0 Å². The van der Waals surface area contributed by atoms with E-state index in [-0.39, 0.29) is 35.3 Å². The number of hydrogen-bond donors (Lipinski definition) is 0. The third kappa shape index (κ3) is 7.97. The monoisotopic (exact) mass is 555 g/mol. The smallest absolute Gasteiger partial charge is 0.294 e. The van der Waals surface area contributed by atoms with Crippen LogP contribution in [-0.2, 0) is 19.5 Å². The summed E-state index contributed by atoms with van der Waals surface area (Å²) in [5.41, 5.74) is 0. The van der Waals surface area contributed by atoms with E-state index in [0.29, 0.717) is 0 Å². The number of unbranched alkanes of at least 4 members (excludes halogenated alkanes) is 3. The van der Waals surface area contributed by atoms with E-state index in [9.17, 15) is 0 Å². The molecule has 0 bridgehead atoms. The van der Waals surface area contributed by atoms with E-state index >= 15 is 0 Å². The Kier molecular flexibility index (Phi) is 11.5. The van der Waals surface area contributed by atoms with Crippen molar-refractivity contribution in [3.63, 3.8) is 0 Å². The van der Waals surface area contributed by atoms with E-state index in [2.05, 4.69) is 127 Å². The van der Waals surface area contributed by atoms with Crippen LogP contribution in [0.25, 0.3) is 0 Å². The fourth-order valence-electron chi connectivity index (χ4n) is 3.97. The van der Waals surface area contributed by atoms with Gasteiger partial charge >= 0.3 is 19.5 Å². The molecule has 0 heterocycles. The summed E-state index contributed by atoms with van der Waals surface area (Å²) in [6.45, 7) is 0. The first-order valence-electron chi connectivity index (χ1n) is 11.5. The second-order valence-corrected chi connectivity index (χ2v) is 12.4. The maximum absolute atomic E-state index is 2.58. The molecule has 0 spiro atoms. The van der Waals surface area contributed by atoms with Crippen molar-refractivity contribution in [3.8, 4) is 0 Å². The van der Waals surface area contributed by atoms with Gasteiger partial charge in [0.2, 0.25) is 0 Å². The Morgan fingerprint density at radius 1 is 0.455 bits per heavy atom. The van der Waals surface area contributed by atoms with Crippen LogP contribution in [0.2, 0.25) is 0 Å². The molecule has 0 atom stereocenters. The van der Waals surface area contributed by atoms with Gasteiger partial charge in [0.05, 0.1) is 0 Å². The van der Waals surface area contributed by atoms with E-state index in [1.807, 2.05) is 0 Å². The molecule has 0 fully saturated rings. The molecule has 0 amide bonds. The standard InChI is InChI=1S/C30H31P2.Ru/c1(15-25-31(27-17-7-3-8-18-27)28-19-9-4-10-20-28)2-16-26-32(29-21-11-5-12-22-29)30-23-13-6-14-24-30;/h3-14,17-25H,1-2,15-16,26H2;/q-1;+1. The van der Waals surface area contributed by atoms with E-state index in [4.69, 9.17) is 0 Å². The summed E-state index contributed by atoms with van der Waals surface area (Å²) in [6.07, 6.45) is 8.89. The molecular weight excluding hydrogens is 523 g/mol. The van der Waals surface area contributed by atoms with Crippen LogP contribution < -0.4 is 21.2 Å². The van der Waals surface area contributed by atoms with Crippen molar-refractivity contribution in [2.75, 3.05) is 6.16 Å². The first-order valence-corrected chi connectivity index (χ1v) is 14.5. The Hall–Kier alpha value is -1.64. The summed E-state index contributed by atoms with van der Waals surface area (Å²) in [5.74, 6) is 0. The third-order valence-corrected chi connectivity index (χ3v) is 10.5. The molecule has 0 aliphatic carbocycles. The molecule has 0 saturated heterocycles. The average molecular weight is 555 g/mol. The van der Waals surface area contributed by atoms with E-state index in [1.165, 1.54) is 53.1 Å². The molecule has 169 valence electrons. The van der Waals surface area contributed by atoms with Crippen LogP contribution >= 0.6 is 15.8 Å². The van der Waals surface area contributed by atoms with E-state index in [1.54, 1.807) is 0 Å². The molecule has 4 aromatic carbocycles. The van der Waals surface area contributed by atoms with Crippen LogP contribution in [0.15, 0.2) is 121 Å². The van der Waals surface area contributed by atoms with Crippen LogP contribution in [0.1, 0.15) is 25.7 Å². The maximum Gasteiger partial charge on any atom is 1.00 e. The van der Waals surface area contributed by atoms with Crippen LogP contribution in [0.3, 0.4) is 0 Å². The number of hydrogen-bond acceptors (Lipinski definition) is 0. The Morgan fingerprint density at radius 2 is 0.848 bits per heavy atom. The first-order chi connectivity index (χ1) is 15.9. The molecule has 1 radical (unpaired) electrons. The van der Waals surface area contributed by atoms with Gasteiger partial charge in [-0.2, -0.15) is 6.42 Å². The number of benzene rings is 4. The van der Waals surface area contributed by atoms with Gasteiger partial charge in [0.15, 0.2) is 0 Å². The molecular formula is C30H31P2Ru. The Labute approximate surface area is 215 Å². The van der Waals surface area contributed by atoms with Crippen LogP contribution in [0.4, 0.5) is 0 Å². The minimum absolute atomic E-state index is 0. The van der Waals surface area contributed by atoms with Gasteiger partial charge in [0, 0.05) is 0 Å². The maximum atomic E-state index is 2.58. The fraction of sp³-hybridized carbons (Fsp3) is 0.167. The molecule has 0 saturated carbocycles. The van der Waals surface area contributed by atoms with E-state index < -0.39 is 0 Å². The average Bonchev–Trinajstić information content (AvgIpc) is 2.88. The van der Waals surface area contributed by atoms with Gasteiger partial charge in [0.25, 0.3) is 0 Å². The van der Waals surface area contributed by atoms with Gasteiger partial charge in [-0.1, -0.05) is 145 Å². The summed E-state index contributed by atoms with van der Waals surface area (Å²) in [5, 5.41) is 5.89. The topological polar surface area (TPSA) is 0 Å². The van der Waals surface area contributed by atoms with Crippen molar-refractivity contribution in [3.05, 3.63) is 127 Å². The molecule has 0 aliphatic heterocycles. The molecule has 0 unspecified atom stereocenters. The number of rotatable bonds is 11. The molecule has 4 rings (SSSR count). The molecule has 0 N–H and O–H groups in total. The minimum Gasteiger partial charge on any atom is -0.294 e. The zero-order chi connectivity index (χ0) is 21.8. The van der Waals surface area contributed by atoms with Crippen LogP contribution in [0.5, 0.6) is 0 Å². The summed E-state index contributed by atoms with van der Waals surface area (Å²) in [6, 6.07) is 44.2. The molecule has 4 aromatic rings. The zero-order valence-corrected chi connectivity index (χ0v) is 22.4. The summed E-state index contributed by atoms with van der Waals surface area (Å²) >= 11 is 0. The van der Waals surface area contributed by atoms with Gasteiger partial charge in [-0.15, -0.1) is 0 Å². The first kappa shape index (κ1) is 26.0. The quantitative estimate of drug-likeness (QED) is 0.0813. The van der Waals surface area contributed by atoms with Gasteiger partial charge < -0.3 is 0 Å². The van der Waals surface area contributed by atoms with Gasteiger partial charge in [-0.3, -0.25) is 6.16 Å². The normalized spacial score (nSPS) is 10.8.